The van der Waals surface area contributed by atoms with E-state index < -0.39 is 0 Å². The Labute approximate surface area is 146 Å². The van der Waals surface area contributed by atoms with Crippen LogP contribution in [0.2, 0.25) is 0 Å². The van der Waals surface area contributed by atoms with Crippen molar-refractivity contribution in [1.82, 2.24) is 0 Å². The highest BCUT2D eigenvalue weighted by Gasteiger charge is 2.15. The van der Waals surface area contributed by atoms with E-state index in [1.54, 1.807) is 11.9 Å². The van der Waals surface area contributed by atoms with Crippen LogP contribution < -0.4 is 9.64 Å². The van der Waals surface area contributed by atoms with Crippen molar-refractivity contribution < 1.29 is 9.53 Å². The maximum absolute atomic E-state index is 12.0. The fourth-order valence-corrected chi connectivity index (χ4v) is 2.96. The van der Waals surface area contributed by atoms with E-state index in [9.17, 15) is 4.79 Å². The Balaban J connectivity index is 2.27. The van der Waals surface area contributed by atoms with Crippen LogP contribution in [-0.4, -0.2) is 13.0 Å². The molecule has 0 aliphatic rings. The minimum absolute atomic E-state index is 0.0795. The fraction of sp³-hybridized carbons (Fsp3) is 0.316. The largest absolute Gasteiger partial charge is 0.489 e. The van der Waals surface area contributed by atoms with Gasteiger partial charge in [0.25, 0.3) is 0 Å². The predicted octanol–water partition coefficient (Wildman–Crippen LogP) is 5.02. The van der Waals surface area contributed by atoms with Gasteiger partial charge in [0.2, 0.25) is 5.91 Å². The molecule has 0 bridgehead atoms. The fourth-order valence-electron chi connectivity index (χ4n) is 2.49. The molecule has 0 fully saturated rings. The average molecular weight is 376 g/mol. The average Bonchev–Trinajstić information content (AvgIpc) is 2.53. The number of hydrogen-bond acceptors (Lipinski definition) is 2. The number of aryl methyl sites for hydroxylation is 2. The van der Waals surface area contributed by atoms with Crippen LogP contribution in [0.3, 0.4) is 0 Å². The van der Waals surface area contributed by atoms with E-state index in [-0.39, 0.29) is 5.91 Å². The third kappa shape index (κ3) is 4.14. The van der Waals surface area contributed by atoms with Crippen molar-refractivity contribution in [2.45, 2.75) is 33.8 Å². The number of benzene rings is 2. The molecule has 2 aromatic rings. The highest BCUT2D eigenvalue weighted by atomic mass is 79.9. The van der Waals surface area contributed by atoms with E-state index in [1.807, 2.05) is 44.2 Å². The Morgan fingerprint density at radius 3 is 2.61 bits per heavy atom. The van der Waals surface area contributed by atoms with Gasteiger partial charge >= 0.3 is 0 Å². The van der Waals surface area contributed by atoms with Crippen LogP contribution in [0.4, 0.5) is 5.69 Å². The summed E-state index contributed by atoms with van der Waals surface area (Å²) in [6.45, 7) is 6.37. The smallest absolute Gasteiger partial charge is 0.226 e. The first kappa shape index (κ1) is 17.5. The highest BCUT2D eigenvalue weighted by molar-refractivity contribution is 9.10. The molecule has 0 radical (unpaired) electrons. The Morgan fingerprint density at radius 1 is 1.22 bits per heavy atom. The number of rotatable bonds is 5. The molecule has 0 spiro atoms. The van der Waals surface area contributed by atoms with Crippen LogP contribution in [-0.2, 0) is 11.4 Å². The van der Waals surface area contributed by atoms with E-state index in [0.29, 0.717) is 13.0 Å². The third-order valence-electron chi connectivity index (χ3n) is 3.83. The molecule has 0 N–H and O–H groups in total. The number of amides is 1. The second-order valence-electron chi connectivity index (χ2n) is 5.60. The summed E-state index contributed by atoms with van der Waals surface area (Å²) in [6, 6.07) is 12.0. The Hall–Kier alpha value is -1.81. The van der Waals surface area contributed by atoms with Crippen LogP contribution in [0.1, 0.15) is 30.0 Å². The zero-order valence-corrected chi connectivity index (χ0v) is 15.6. The summed E-state index contributed by atoms with van der Waals surface area (Å²) in [4.78, 5) is 13.7. The van der Waals surface area contributed by atoms with Gasteiger partial charge < -0.3 is 9.64 Å². The summed E-state index contributed by atoms with van der Waals surface area (Å²) < 4.78 is 6.94. The number of hydrogen-bond donors (Lipinski definition) is 0. The molecular formula is C19H22BrNO2. The van der Waals surface area contributed by atoms with Gasteiger partial charge in [-0.15, -0.1) is 0 Å². The van der Waals surface area contributed by atoms with Crippen molar-refractivity contribution in [1.29, 1.82) is 0 Å². The van der Waals surface area contributed by atoms with E-state index in [2.05, 4.69) is 28.9 Å². The molecule has 0 aliphatic heterocycles. The van der Waals surface area contributed by atoms with Gasteiger partial charge in [-0.2, -0.15) is 0 Å². The van der Waals surface area contributed by atoms with Gasteiger partial charge in [0.15, 0.2) is 0 Å². The molecule has 0 atom stereocenters. The summed E-state index contributed by atoms with van der Waals surface area (Å²) in [5, 5.41) is 0. The zero-order valence-electron chi connectivity index (χ0n) is 14.0. The molecule has 23 heavy (non-hydrogen) atoms. The van der Waals surface area contributed by atoms with Crippen molar-refractivity contribution in [2.75, 3.05) is 11.9 Å². The van der Waals surface area contributed by atoms with Crippen LogP contribution in [0.5, 0.6) is 5.75 Å². The van der Waals surface area contributed by atoms with Crippen LogP contribution in [0, 0.1) is 13.8 Å². The second kappa shape index (κ2) is 7.64. The highest BCUT2D eigenvalue weighted by Crippen LogP contribution is 2.30. The minimum atomic E-state index is 0.0795. The number of carbonyl (C=O) groups is 1. The van der Waals surface area contributed by atoms with E-state index in [4.69, 9.17) is 4.74 Å². The van der Waals surface area contributed by atoms with Crippen LogP contribution in [0.25, 0.3) is 0 Å². The Kier molecular flexibility index (Phi) is 5.83. The zero-order chi connectivity index (χ0) is 17.0. The van der Waals surface area contributed by atoms with Gasteiger partial charge in [0.05, 0.1) is 5.69 Å². The first-order chi connectivity index (χ1) is 10.9. The molecule has 0 saturated carbocycles. The lowest BCUT2D eigenvalue weighted by Crippen LogP contribution is -2.26. The number of nitrogens with zero attached hydrogens (tertiary/aromatic N) is 1. The lowest BCUT2D eigenvalue weighted by molar-refractivity contribution is -0.118. The van der Waals surface area contributed by atoms with Gasteiger partial charge in [0, 0.05) is 23.5 Å². The molecular weight excluding hydrogens is 354 g/mol. The van der Waals surface area contributed by atoms with E-state index >= 15 is 0 Å². The SMILES string of the molecule is CCC(=O)N(C)c1cccc(Br)c1COc1ccc(C)cc1C. The molecule has 2 rings (SSSR count). The number of ether oxygens (including phenoxy) is 1. The maximum atomic E-state index is 12.0. The third-order valence-corrected chi connectivity index (χ3v) is 4.58. The topological polar surface area (TPSA) is 29.5 Å². The van der Waals surface area contributed by atoms with Gasteiger partial charge in [0.1, 0.15) is 12.4 Å². The number of anilines is 1. The van der Waals surface area contributed by atoms with Crippen molar-refractivity contribution >= 4 is 27.5 Å². The van der Waals surface area contributed by atoms with Gasteiger partial charge in [-0.1, -0.05) is 46.6 Å². The van der Waals surface area contributed by atoms with Crippen LogP contribution in [0.15, 0.2) is 40.9 Å². The van der Waals surface area contributed by atoms with Crippen LogP contribution >= 0.6 is 15.9 Å². The van der Waals surface area contributed by atoms with E-state index in [1.165, 1.54) is 5.56 Å². The molecule has 2 aromatic carbocycles. The van der Waals surface area contributed by atoms with Crippen molar-refractivity contribution in [3.63, 3.8) is 0 Å². The molecule has 1 amide bonds. The lowest BCUT2D eigenvalue weighted by Gasteiger charge is -2.21. The standard InChI is InChI=1S/C19H22BrNO2/c1-5-19(22)21(4)17-8-6-7-16(20)15(17)12-23-18-10-9-13(2)11-14(18)3/h6-11H,5,12H2,1-4H3. The van der Waals surface area contributed by atoms with Crippen molar-refractivity contribution in [3.8, 4) is 5.75 Å². The molecule has 3 nitrogen and oxygen atoms in total. The summed E-state index contributed by atoms with van der Waals surface area (Å²) >= 11 is 3.57. The quantitative estimate of drug-likeness (QED) is 0.734. The summed E-state index contributed by atoms with van der Waals surface area (Å²) in [5.41, 5.74) is 4.16. The number of halogens is 1. The predicted molar refractivity (Wildman–Crippen MR) is 98.1 cm³/mol. The molecule has 0 heterocycles. The minimum Gasteiger partial charge on any atom is -0.489 e. The first-order valence-electron chi connectivity index (χ1n) is 7.68. The van der Waals surface area contributed by atoms with Crippen molar-refractivity contribution in [3.05, 3.63) is 57.6 Å². The molecule has 0 aromatic heterocycles. The number of carbonyl (C=O) groups excluding carboxylic acids is 1. The Bertz CT molecular complexity index is 713. The monoisotopic (exact) mass is 375 g/mol. The normalized spacial score (nSPS) is 10.5. The van der Waals surface area contributed by atoms with Gasteiger partial charge in [-0.3, -0.25) is 4.79 Å². The maximum Gasteiger partial charge on any atom is 0.226 e. The Morgan fingerprint density at radius 2 is 1.96 bits per heavy atom. The van der Waals surface area contributed by atoms with Crippen molar-refractivity contribution in [2.24, 2.45) is 0 Å². The summed E-state index contributed by atoms with van der Waals surface area (Å²) in [6.07, 6.45) is 0.473. The molecule has 4 heteroatoms. The molecule has 0 unspecified atom stereocenters. The summed E-state index contributed by atoms with van der Waals surface area (Å²) in [7, 11) is 1.80. The van der Waals surface area contributed by atoms with Gasteiger partial charge in [-0.05, 0) is 37.6 Å². The first-order valence-corrected chi connectivity index (χ1v) is 8.47. The molecule has 122 valence electrons. The second-order valence-corrected chi connectivity index (χ2v) is 6.46. The molecule has 0 aliphatic carbocycles. The lowest BCUT2D eigenvalue weighted by atomic mass is 10.1. The van der Waals surface area contributed by atoms with Gasteiger partial charge in [-0.25, -0.2) is 0 Å². The summed E-state index contributed by atoms with van der Waals surface area (Å²) in [5.74, 6) is 0.942. The molecule has 0 saturated heterocycles. The van der Waals surface area contributed by atoms with E-state index in [0.717, 1.165) is 27.0 Å².